The molecular weight excluding hydrogens is 259 g/mol. The highest BCUT2D eigenvalue weighted by molar-refractivity contribution is 5.29. The highest BCUT2D eigenvalue weighted by Crippen LogP contribution is 2.24. The first kappa shape index (κ1) is 15.8. The Balaban J connectivity index is 2.67. The molecule has 0 radical (unpaired) electrons. The van der Waals surface area contributed by atoms with Gasteiger partial charge in [0.15, 0.2) is 0 Å². The molecule has 3 nitrogen and oxygen atoms in total. The van der Waals surface area contributed by atoms with Crippen LogP contribution in [0, 0.1) is 0 Å². The van der Waals surface area contributed by atoms with Crippen molar-refractivity contribution in [3.05, 3.63) is 29.8 Å². The van der Waals surface area contributed by atoms with Crippen LogP contribution in [0.2, 0.25) is 0 Å². The van der Waals surface area contributed by atoms with Gasteiger partial charge in [0.05, 0.1) is 18.8 Å². The largest absolute Gasteiger partial charge is 0.573 e. The molecule has 0 fully saturated rings. The average molecular weight is 277 g/mol. The van der Waals surface area contributed by atoms with Gasteiger partial charge >= 0.3 is 6.36 Å². The van der Waals surface area contributed by atoms with Gasteiger partial charge in [0.25, 0.3) is 0 Å². The minimum atomic E-state index is -4.66. The fourth-order valence-corrected chi connectivity index (χ4v) is 1.54. The van der Waals surface area contributed by atoms with E-state index < -0.39 is 6.36 Å². The molecular formula is C13H18F3NO2. The lowest BCUT2D eigenvalue weighted by Gasteiger charge is -2.19. The van der Waals surface area contributed by atoms with E-state index in [-0.39, 0.29) is 17.9 Å². The number of benzene rings is 1. The molecule has 1 unspecified atom stereocenters. The molecule has 6 heteroatoms. The van der Waals surface area contributed by atoms with Gasteiger partial charge in [-0.15, -0.1) is 13.2 Å². The van der Waals surface area contributed by atoms with Crippen LogP contribution in [0.1, 0.15) is 25.5 Å². The Bertz CT molecular complexity index is 376. The van der Waals surface area contributed by atoms with Crippen molar-refractivity contribution in [2.45, 2.75) is 32.4 Å². The van der Waals surface area contributed by atoms with Gasteiger partial charge in [-0.2, -0.15) is 0 Å². The normalized spacial score (nSPS) is 13.6. The second-order valence-corrected chi connectivity index (χ2v) is 4.34. The van der Waals surface area contributed by atoms with Crippen molar-refractivity contribution in [1.82, 2.24) is 5.32 Å². The number of halogens is 3. The van der Waals surface area contributed by atoms with Crippen LogP contribution in [0.5, 0.6) is 5.75 Å². The summed E-state index contributed by atoms with van der Waals surface area (Å²) in [6.45, 7) is 4.30. The van der Waals surface area contributed by atoms with Crippen LogP contribution in [0.4, 0.5) is 13.2 Å². The van der Waals surface area contributed by atoms with Crippen molar-refractivity contribution < 1.29 is 22.6 Å². The highest BCUT2D eigenvalue weighted by atomic mass is 19.4. The Morgan fingerprint density at radius 2 is 1.74 bits per heavy atom. The minimum Gasteiger partial charge on any atom is -0.406 e. The number of ether oxygens (including phenoxy) is 2. The molecule has 1 N–H and O–H groups in total. The minimum absolute atomic E-state index is 0.0673. The van der Waals surface area contributed by atoms with E-state index in [1.54, 1.807) is 19.2 Å². The first-order valence-corrected chi connectivity index (χ1v) is 5.96. The molecule has 0 bridgehead atoms. The van der Waals surface area contributed by atoms with Gasteiger partial charge in [0.2, 0.25) is 0 Å². The summed E-state index contributed by atoms with van der Waals surface area (Å²) >= 11 is 0. The third-order valence-corrected chi connectivity index (χ3v) is 2.46. The van der Waals surface area contributed by atoms with Crippen LogP contribution in [0.25, 0.3) is 0 Å². The van der Waals surface area contributed by atoms with Gasteiger partial charge in [0, 0.05) is 0 Å². The summed E-state index contributed by atoms with van der Waals surface area (Å²) in [4.78, 5) is 0. The fraction of sp³-hybridized carbons (Fsp3) is 0.538. The van der Waals surface area contributed by atoms with Crippen LogP contribution in [-0.4, -0.2) is 26.1 Å². The summed E-state index contributed by atoms with van der Waals surface area (Å²) in [7, 11) is 1.77. The Labute approximate surface area is 110 Å². The average Bonchev–Trinajstić information content (AvgIpc) is 2.29. The molecule has 108 valence electrons. The number of likely N-dealkylation sites (N-methyl/N-ethyl adjacent to an activating group) is 1. The molecule has 0 saturated carbocycles. The number of rotatable bonds is 6. The van der Waals surface area contributed by atoms with Gasteiger partial charge in [-0.25, -0.2) is 0 Å². The molecule has 0 aliphatic heterocycles. The van der Waals surface area contributed by atoms with Crippen LogP contribution < -0.4 is 10.1 Å². The summed E-state index contributed by atoms with van der Waals surface area (Å²) in [5.74, 6) is -0.226. The molecule has 1 rings (SSSR count). The lowest BCUT2D eigenvalue weighted by Crippen LogP contribution is -2.23. The Morgan fingerprint density at radius 3 is 2.16 bits per heavy atom. The molecule has 0 amide bonds. The summed E-state index contributed by atoms with van der Waals surface area (Å²) < 4.78 is 45.4. The van der Waals surface area contributed by atoms with Crippen LogP contribution in [0.3, 0.4) is 0 Å². The van der Waals surface area contributed by atoms with Crippen molar-refractivity contribution in [2.24, 2.45) is 0 Å². The molecule has 0 spiro atoms. The summed E-state index contributed by atoms with van der Waals surface area (Å²) in [5, 5.41) is 3.05. The topological polar surface area (TPSA) is 30.5 Å². The van der Waals surface area contributed by atoms with E-state index in [0.717, 1.165) is 5.56 Å². The van der Waals surface area contributed by atoms with Crippen LogP contribution in [0.15, 0.2) is 24.3 Å². The zero-order valence-electron chi connectivity index (χ0n) is 11.1. The van der Waals surface area contributed by atoms with E-state index >= 15 is 0 Å². The summed E-state index contributed by atoms with van der Waals surface area (Å²) in [6, 6.07) is 5.70. The second kappa shape index (κ2) is 6.77. The summed E-state index contributed by atoms with van der Waals surface area (Å²) in [5.41, 5.74) is 0.845. The maximum Gasteiger partial charge on any atom is 0.573 e. The van der Waals surface area contributed by atoms with Crippen molar-refractivity contribution >= 4 is 0 Å². The second-order valence-electron chi connectivity index (χ2n) is 4.34. The van der Waals surface area contributed by atoms with Crippen molar-refractivity contribution in [3.8, 4) is 5.75 Å². The predicted molar refractivity (Wildman–Crippen MR) is 66.0 cm³/mol. The summed E-state index contributed by atoms with van der Waals surface area (Å²) in [6.07, 6.45) is -4.56. The quantitative estimate of drug-likeness (QED) is 0.865. The number of hydrogen-bond donors (Lipinski definition) is 1. The number of nitrogens with one attached hydrogen (secondary N) is 1. The molecule has 1 aromatic carbocycles. The monoisotopic (exact) mass is 277 g/mol. The van der Waals surface area contributed by atoms with E-state index in [9.17, 15) is 13.2 Å². The van der Waals surface area contributed by atoms with Gasteiger partial charge < -0.3 is 14.8 Å². The van der Waals surface area contributed by atoms with E-state index in [1.165, 1.54) is 12.1 Å². The molecule has 0 heterocycles. The maximum absolute atomic E-state index is 12.0. The van der Waals surface area contributed by atoms with E-state index in [2.05, 4.69) is 10.1 Å². The van der Waals surface area contributed by atoms with Gasteiger partial charge in [-0.1, -0.05) is 12.1 Å². The van der Waals surface area contributed by atoms with Crippen LogP contribution >= 0.6 is 0 Å². The van der Waals surface area contributed by atoms with Crippen molar-refractivity contribution in [1.29, 1.82) is 0 Å². The van der Waals surface area contributed by atoms with Gasteiger partial charge in [-0.3, -0.25) is 0 Å². The lowest BCUT2D eigenvalue weighted by atomic mass is 10.1. The van der Waals surface area contributed by atoms with Gasteiger partial charge in [0.1, 0.15) is 5.75 Å². The smallest absolute Gasteiger partial charge is 0.406 e. The van der Waals surface area contributed by atoms with Gasteiger partial charge in [-0.05, 0) is 38.6 Å². The van der Waals surface area contributed by atoms with Crippen molar-refractivity contribution in [2.75, 3.05) is 13.7 Å². The number of alkyl halides is 3. The molecule has 0 aromatic heterocycles. The standard InChI is InChI=1S/C13H18F3NO2/c1-9(2)18-8-12(17-3)10-4-6-11(7-5-10)19-13(14,15)16/h4-7,9,12,17H,8H2,1-3H3. The fourth-order valence-electron chi connectivity index (χ4n) is 1.54. The first-order chi connectivity index (χ1) is 8.81. The molecule has 0 saturated heterocycles. The zero-order valence-corrected chi connectivity index (χ0v) is 11.1. The Morgan fingerprint density at radius 1 is 1.16 bits per heavy atom. The molecule has 0 aliphatic carbocycles. The van der Waals surface area contributed by atoms with E-state index in [0.29, 0.717) is 6.61 Å². The number of hydrogen-bond acceptors (Lipinski definition) is 3. The van der Waals surface area contributed by atoms with Crippen molar-refractivity contribution in [3.63, 3.8) is 0 Å². The third-order valence-electron chi connectivity index (χ3n) is 2.46. The predicted octanol–water partition coefficient (Wildman–Crippen LogP) is 3.27. The lowest BCUT2D eigenvalue weighted by molar-refractivity contribution is -0.274. The zero-order chi connectivity index (χ0) is 14.5. The van der Waals surface area contributed by atoms with E-state index in [1.807, 2.05) is 13.8 Å². The van der Waals surface area contributed by atoms with Crippen LogP contribution in [-0.2, 0) is 4.74 Å². The Hall–Kier alpha value is -1.27. The highest BCUT2D eigenvalue weighted by Gasteiger charge is 2.31. The molecule has 1 aromatic rings. The Kier molecular flexibility index (Phi) is 5.62. The maximum atomic E-state index is 12.0. The first-order valence-electron chi connectivity index (χ1n) is 5.96. The molecule has 19 heavy (non-hydrogen) atoms. The molecule has 1 atom stereocenters. The SMILES string of the molecule is CNC(COC(C)C)c1ccc(OC(F)(F)F)cc1. The third kappa shape index (κ3) is 5.94. The molecule has 0 aliphatic rings. The van der Waals surface area contributed by atoms with E-state index in [4.69, 9.17) is 4.74 Å².